The van der Waals surface area contributed by atoms with Crippen molar-refractivity contribution in [2.24, 2.45) is 0 Å². The van der Waals surface area contributed by atoms with E-state index in [2.05, 4.69) is 43.9 Å². The first kappa shape index (κ1) is 15.7. The smallest absolute Gasteiger partial charge is 0.315 e. The van der Waals surface area contributed by atoms with Crippen molar-refractivity contribution in [2.45, 2.75) is 38.8 Å². The summed E-state index contributed by atoms with van der Waals surface area (Å²) < 4.78 is 1.90. The Morgan fingerprint density at radius 3 is 3.16 bits per heavy atom. The van der Waals surface area contributed by atoms with Gasteiger partial charge in [0, 0.05) is 30.6 Å². The molecule has 130 valence electrons. The van der Waals surface area contributed by atoms with Crippen LogP contribution in [0.25, 0.3) is 10.9 Å². The standard InChI is InChI=1S/C18H22N6O/c1-12-20-17-7-6-15(11-24(17)23-12)22-18(25)19-9-8-14-10-13-4-2-3-5-16(13)21-14/h2-5,10,15,21H,6-9,11H2,1H3,(H2,19,22,25)/t15-/m0/s1. The van der Waals surface area contributed by atoms with Gasteiger partial charge in [0.05, 0.1) is 12.6 Å². The molecule has 2 amide bonds. The zero-order valence-electron chi connectivity index (χ0n) is 14.2. The molecule has 1 aliphatic heterocycles. The molecule has 3 aromatic rings. The van der Waals surface area contributed by atoms with Crippen molar-refractivity contribution in [1.82, 2.24) is 30.4 Å². The fraction of sp³-hybridized carbons (Fsp3) is 0.389. The number of benzene rings is 1. The van der Waals surface area contributed by atoms with Gasteiger partial charge in [-0.3, -0.25) is 0 Å². The summed E-state index contributed by atoms with van der Waals surface area (Å²) in [5.74, 6) is 1.80. The number of aromatic amines is 1. The maximum Gasteiger partial charge on any atom is 0.315 e. The lowest BCUT2D eigenvalue weighted by molar-refractivity contribution is 0.232. The lowest BCUT2D eigenvalue weighted by Crippen LogP contribution is -2.46. The predicted molar refractivity (Wildman–Crippen MR) is 95.4 cm³/mol. The molecule has 2 aromatic heterocycles. The molecule has 3 heterocycles. The summed E-state index contributed by atoms with van der Waals surface area (Å²) in [6.07, 6.45) is 2.52. The van der Waals surface area contributed by atoms with Crippen LogP contribution in [0.15, 0.2) is 30.3 Å². The van der Waals surface area contributed by atoms with Crippen LogP contribution < -0.4 is 10.6 Å². The Hall–Kier alpha value is -2.83. The third-order valence-electron chi connectivity index (χ3n) is 4.56. The lowest BCUT2D eigenvalue weighted by Gasteiger charge is -2.23. The van der Waals surface area contributed by atoms with Crippen LogP contribution in [0, 0.1) is 6.92 Å². The van der Waals surface area contributed by atoms with Crippen molar-refractivity contribution < 1.29 is 4.79 Å². The first-order valence-electron chi connectivity index (χ1n) is 8.69. The highest BCUT2D eigenvalue weighted by atomic mass is 16.2. The summed E-state index contributed by atoms with van der Waals surface area (Å²) in [5, 5.41) is 11.5. The van der Waals surface area contributed by atoms with Gasteiger partial charge in [-0.2, -0.15) is 5.10 Å². The van der Waals surface area contributed by atoms with Gasteiger partial charge in [-0.25, -0.2) is 14.5 Å². The quantitative estimate of drug-likeness (QED) is 0.679. The Kier molecular flexibility index (Phi) is 4.13. The van der Waals surface area contributed by atoms with Gasteiger partial charge in [0.25, 0.3) is 0 Å². The van der Waals surface area contributed by atoms with Crippen LogP contribution in [0.2, 0.25) is 0 Å². The molecule has 0 unspecified atom stereocenters. The molecule has 1 aliphatic rings. The van der Waals surface area contributed by atoms with E-state index in [1.807, 2.05) is 23.7 Å². The maximum atomic E-state index is 12.1. The van der Waals surface area contributed by atoms with Crippen LogP contribution in [-0.4, -0.2) is 38.4 Å². The fourth-order valence-electron chi connectivity index (χ4n) is 3.37. The number of urea groups is 1. The molecule has 0 saturated heterocycles. The molecule has 0 saturated carbocycles. The van der Waals surface area contributed by atoms with Gasteiger partial charge in [0.2, 0.25) is 0 Å². The number of nitrogens with one attached hydrogen (secondary N) is 3. The number of hydrogen-bond donors (Lipinski definition) is 3. The van der Waals surface area contributed by atoms with Crippen molar-refractivity contribution in [3.8, 4) is 0 Å². The highest BCUT2D eigenvalue weighted by molar-refractivity contribution is 5.80. The van der Waals surface area contributed by atoms with Crippen LogP contribution in [0.1, 0.15) is 23.8 Å². The van der Waals surface area contributed by atoms with Crippen molar-refractivity contribution >= 4 is 16.9 Å². The number of aryl methyl sites for hydroxylation is 2. The van der Waals surface area contributed by atoms with E-state index in [0.29, 0.717) is 13.1 Å². The SMILES string of the molecule is Cc1nc2n(n1)C[C@@H](NC(=O)NCCc1cc3ccccc3[nH]1)CC2. The van der Waals surface area contributed by atoms with Gasteiger partial charge in [-0.15, -0.1) is 0 Å². The summed E-state index contributed by atoms with van der Waals surface area (Å²) in [6.45, 7) is 3.18. The zero-order chi connectivity index (χ0) is 17.2. The van der Waals surface area contributed by atoms with Crippen LogP contribution >= 0.6 is 0 Å². The molecule has 1 aromatic carbocycles. The number of hydrogen-bond acceptors (Lipinski definition) is 3. The van der Waals surface area contributed by atoms with Gasteiger partial charge >= 0.3 is 6.03 Å². The van der Waals surface area contributed by atoms with E-state index in [1.54, 1.807) is 0 Å². The Morgan fingerprint density at radius 2 is 2.28 bits per heavy atom. The minimum Gasteiger partial charge on any atom is -0.358 e. The number of carbonyl (C=O) groups excluding carboxylic acids is 1. The second kappa shape index (κ2) is 6.58. The minimum atomic E-state index is -0.124. The van der Waals surface area contributed by atoms with E-state index in [0.717, 1.165) is 42.1 Å². The van der Waals surface area contributed by atoms with Gasteiger partial charge < -0.3 is 15.6 Å². The molecule has 7 heteroatoms. The molecule has 7 nitrogen and oxygen atoms in total. The van der Waals surface area contributed by atoms with E-state index >= 15 is 0 Å². The van der Waals surface area contributed by atoms with Crippen LogP contribution in [-0.2, 0) is 19.4 Å². The molecule has 0 fully saturated rings. The molecule has 25 heavy (non-hydrogen) atoms. The van der Waals surface area contributed by atoms with Crippen molar-refractivity contribution in [1.29, 1.82) is 0 Å². The van der Waals surface area contributed by atoms with Gasteiger partial charge in [0.1, 0.15) is 11.6 Å². The Morgan fingerprint density at radius 1 is 1.40 bits per heavy atom. The highest BCUT2D eigenvalue weighted by Crippen LogP contribution is 2.15. The van der Waals surface area contributed by atoms with Gasteiger partial charge in [-0.05, 0) is 30.9 Å². The number of amides is 2. The largest absolute Gasteiger partial charge is 0.358 e. The minimum absolute atomic E-state index is 0.0988. The normalized spacial score (nSPS) is 16.6. The first-order valence-corrected chi connectivity index (χ1v) is 8.69. The number of carbonyl (C=O) groups is 1. The van der Waals surface area contributed by atoms with E-state index < -0.39 is 0 Å². The molecular weight excluding hydrogens is 316 g/mol. The molecule has 1 atom stereocenters. The third-order valence-corrected chi connectivity index (χ3v) is 4.56. The molecule has 0 radical (unpaired) electrons. The van der Waals surface area contributed by atoms with E-state index in [9.17, 15) is 4.79 Å². The fourth-order valence-corrected chi connectivity index (χ4v) is 3.37. The van der Waals surface area contributed by atoms with Crippen LogP contribution in [0.5, 0.6) is 0 Å². The van der Waals surface area contributed by atoms with Crippen molar-refractivity contribution in [2.75, 3.05) is 6.54 Å². The maximum absolute atomic E-state index is 12.1. The zero-order valence-corrected chi connectivity index (χ0v) is 14.2. The van der Waals surface area contributed by atoms with Crippen LogP contribution in [0.3, 0.4) is 0 Å². The average molecular weight is 338 g/mol. The molecule has 3 N–H and O–H groups in total. The van der Waals surface area contributed by atoms with Crippen molar-refractivity contribution in [3.05, 3.63) is 47.7 Å². The first-order chi connectivity index (χ1) is 12.2. The monoisotopic (exact) mass is 338 g/mol. The van der Waals surface area contributed by atoms with E-state index in [1.165, 1.54) is 5.39 Å². The third kappa shape index (κ3) is 3.50. The summed E-state index contributed by atoms with van der Waals surface area (Å²) in [6, 6.07) is 10.3. The summed E-state index contributed by atoms with van der Waals surface area (Å²) in [4.78, 5) is 19.9. The number of nitrogens with zero attached hydrogens (tertiary/aromatic N) is 3. The van der Waals surface area contributed by atoms with Gasteiger partial charge in [-0.1, -0.05) is 18.2 Å². The average Bonchev–Trinajstić information content (AvgIpc) is 3.16. The second-order valence-electron chi connectivity index (χ2n) is 6.53. The molecule has 4 rings (SSSR count). The summed E-state index contributed by atoms with van der Waals surface area (Å²) in [7, 11) is 0. The Labute approximate surface area is 145 Å². The van der Waals surface area contributed by atoms with Crippen molar-refractivity contribution in [3.63, 3.8) is 0 Å². The molecule has 0 bridgehead atoms. The number of para-hydroxylation sites is 1. The number of aromatic nitrogens is 4. The topological polar surface area (TPSA) is 87.6 Å². The number of rotatable bonds is 4. The number of H-pyrrole nitrogens is 1. The van der Waals surface area contributed by atoms with E-state index in [-0.39, 0.29) is 12.1 Å². The van der Waals surface area contributed by atoms with Gasteiger partial charge in [0.15, 0.2) is 0 Å². The molecule has 0 aliphatic carbocycles. The Balaban J connectivity index is 1.25. The highest BCUT2D eigenvalue weighted by Gasteiger charge is 2.22. The second-order valence-corrected chi connectivity index (χ2v) is 6.53. The van der Waals surface area contributed by atoms with E-state index in [4.69, 9.17) is 0 Å². The predicted octanol–water partition coefficient (Wildman–Crippen LogP) is 1.92. The summed E-state index contributed by atoms with van der Waals surface area (Å²) in [5.41, 5.74) is 2.25. The molecule has 0 spiro atoms. The summed E-state index contributed by atoms with van der Waals surface area (Å²) >= 11 is 0. The Bertz CT molecular complexity index is 863. The molecular formula is C18H22N6O. The van der Waals surface area contributed by atoms with Crippen LogP contribution in [0.4, 0.5) is 4.79 Å². The number of fused-ring (bicyclic) bond motifs is 2. The lowest BCUT2D eigenvalue weighted by atomic mass is 10.1.